The maximum absolute atomic E-state index is 6.04. The minimum atomic E-state index is 0.278. The van der Waals surface area contributed by atoms with Crippen LogP contribution in [0.5, 0.6) is 11.5 Å². The number of hydrogen-bond donors (Lipinski definition) is 0. The van der Waals surface area contributed by atoms with Crippen LogP contribution in [0.25, 0.3) is 0 Å². The summed E-state index contributed by atoms with van der Waals surface area (Å²) in [5.74, 6) is 1.95. The van der Waals surface area contributed by atoms with Crippen LogP contribution < -0.4 is 4.74 Å². The van der Waals surface area contributed by atoms with Crippen molar-refractivity contribution in [3.8, 4) is 11.5 Å². The zero-order valence-electron chi connectivity index (χ0n) is 11.3. The minimum Gasteiger partial charge on any atom is -0.457 e. The predicted molar refractivity (Wildman–Crippen MR) is 77.2 cm³/mol. The van der Waals surface area contributed by atoms with E-state index in [9.17, 15) is 0 Å². The first kappa shape index (κ1) is 11.9. The Balaban J connectivity index is 1.83. The van der Waals surface area contributed by atoms with E-state index in [2.05, 4.69) is 41.3 Å². The summed E-state index contributed by atoms with van der Waals surface area (Å²) >= 11 is 0. The van der Waals surface area contributed by atoms with Crippen LogP contribution in [0.2, 0.25) is 0 Å². The van der Waals surface area contributed by atoms with E-state index in [0.717, 1.165) is 37.8 Å². The molecule has 0 radical (unpaired) electrons. The van der Waals surface area contributed by atoms with Gasteiger partial charge in [0.15, 0.2) is 0 Å². The second kappa shape index (κ2) is 4.93. The van der Waals surface area contributed by atoms with Gasteiger partial charge in [-0.2, -0.15) is 0 Å². The molecule has 3 heteroatoms. The van der Waals surface area contributed by atoms with Gasteiger partial charge in [-0.25, -0.2) is 0 Å². The molecule has 0 aromatic heterocycles. The highest BCUT2D eigenvalue weighted by Gasteiger charge is 2.32. The van der Waals surface area contributed by atoms with Gasteiger partial charge in [0.2, 0.25) is 0 Å². The van der Waals surface area contributed by atoms with E-state index in [1.165, 1.54) is 11.1 Å². The molecule has 0 saturated carbocycles. The van der Waals surface area contributed by atoms with Crippen LogP contribution >= 0.6 is 0 Å². The summed E-state index contributed by atoms with van der Waals surface area (Å²) in [7, 11) is 0. The van der Waals surface area contributed by atoms with Crippen molar-refractivity contribution in [2.75, 3.05) is 26.3 Å². The molecule has 1 saturated heterocycles. The molecule has 0 atom stereocenters. The molecule has 0 bridgehead atoms. The highest BCUT2D eigenvalue weighted by Crippen LogP contribution is 2.45. The number of nitrogens with zero attached hydrogens (tertiary/aromatic N) is 1. The number of hydrogen-bond acceptors (Lipinski definition) is 3. The van der Waals surface area contributed by atoms with E-state index in [1.54, 1.807) is 0 Å². The molecular weight excluding hydrogens is 250 g/mol. The average Bonchev–Trinajstić information content (AvgIpc) is 2.53. The summed E-state index contributed by atoms with van der Waals surface area (Å²) in [6, 6.07) is 17.0. The summed E-state index contributed by atoms with van der Waals surface area (Å²) in [4.78, 5) is 2.49. The van der Waals surface area contributed by atoms with Crippen LogP contribution in [-0.4, -0.2) is 31.2 Å². The molecule has 20 heavy (non-hydrogen) atoms. The van der Waals surface area contributed by atoms with Crippen LogP contribution in [0.15, 0.2) is 48.5 Å². The van der Waals surface area contributed by atoms with E-state index in [0.29, 0.717) is 0 Å². The van der Waals surface area contributed by atoms with E-state index in [1.807, 2.05) is 12.1 Å². The third-order valence-corrected chi connectivity index (χ3v) is 4.06. The summed E-state index contributed by atoms with van der Waals surface area (Å²) < 4.78 is 11.5. The van der Waals surface area contributed by atoms with Crippen LogP contribution in [0.3, 0.4) is 0 Å². The molecule has 0 unspecified atom stereocenters. The maximum atomic E-state index is 6.04. The summed E-state index contributed by atoms with van der Waals surface area (Å²) in [6.45, 7) is 3.55. The van der Waals surface area contributed by atoms with E-state index >= 15 is 0 Å². The van der Waals surface area contributed by atoms with E-state index in [4.69, 9.17) is 9.47 Å². The Hall–Kier alpha value is -1.84. The molecule has 0 spiro atoms. The van der Waals surface area contributed by atoms with Crippen molar-refractivity contribution in [1.82, 2.24) is 4.90 Å². The Kier molecular flexibility index (Phi) is 2.94. The van der Waals surface area contributed by atoms with Gasteiger partial charge in [-0.15, -0.1) is 0 Å². The number of morpholine rings is 1. The van der Waals surface area contributed by atoms with Crippen LogP contribution in [0.1, 0.15) is 17.2 Å². The molecule has 102 valence electrons. The normalized spacial score (nSPS) is 19.0. The average molecular weight is 267 g/mol. The van der Waals surface area contributed by atoms with Crippen molar-refractivity contribution < 1.29 is 9.47 Å². The standard InChI is InChI=1S/C17H17NO2/c1-3-7-15-13(5-1)17(18-9-11-19-12-10-18)14-6-2-4-8-16(14)20-15/h1-8,17H,9-12H2. The number of rotatable bonds is 1. The topological polar surface area (TPSA) is 21.7 Å². The van der Waals surface area contributed by atoms with Crippen molar-refractivity contribution in [2.24, 2.45) is 0 Å². The lowest BCUT2D eigenvalue weighted by Crippen LogP contribution is -2.40. The molecule has 2 heterocycles. The zero-order chi connectivity index (χ0) is 13.4. The molecule has 4 rings (SSSR count). The van der Waals surface area contributed by atoms with Crippen molar-refractivity contribution in [2.45, 2.75) is 6.04 Å². The monoisotopic (exact) mass is 267 g/mol. The Labute approximate surface area is 118 Å². The second-order valence-corrected chi connectivity index (χ2v) is 5.23. The highest BCUT2D eigenvalue weighted by molar-refractivity contribution is 5.52. The van der Waals surface area contributed by atoms with Crippen molar-refractivity contribution in [3.63, 3.8) is 0 Å². The fourth-order valence-corrected chi connectivity index (χ4v) is 3.11. The first-order valence-electron chi connectivity index (χ1n) is 7.11. The van der Waals surface area contributed by atoms with Gasteiger partial charge in [-0.1, -0.05) is 36.4 Å². The summed E-state index contributed by atoms with van der Waals surface area (Å²) in [5.41, 5.74) is 2.52. The predicted octanol–water partition coefficient (Wildman–Crippen LogP) is 3.21. The van der Waals surface area contributed by atoms with E-state index < -0.39 is 0 Å². The van der Waals surface area contributed by atoms with Crippen LogP contribution in [-0.2, 0) is 4.74 Å². The van der Waals surface area contributed by atoms with Gasteiger partial charge >= 0.3 is 0 Å². The fourth-order valence-electron chi connectivity index (χ4n) is 3.11. The Bertz CT molecular complexity index is 574. The van der Waals surface area contributed by atoms with Crippen molar-refractivity contribution in [3.05, 3.63) is 59.7 Å². The van der Waals surface area contributed by atoms with Crippen LogP contribution in [0.4, 0.5) is 0 Å². The second-order valence-electron chi connectivity index (χ2n) is 5.23. The fraction of sp³-hybridized carbons (Fsp3) is 0.294. The molecule has 2 aliphatic rings. The lowest BCUT2D eigenvalue weighted by atomic mass is 9.93. The van der Waals surface area contributed by atoms with Crippen LogP contribution in [0, 0.1) is 0 Å². The Morgan fingerprint density at radius 1 is 0.800 bits per heavy atom. The molecular formula is C17H17NO2. The summed E-state index contributed by atoms with van der Waals surface area (Å²) in [6.07, 6.45) is 0. The molecule has 0 N–H and O–H groups in total. The van der Waals surface area contributed by atoms with Gasteiger partial charge in [-0.3, -0.25) is 4.90 Å². The van der Waals surface area contributed by atoms with Gasteiger partial charge in [0.25, 0.3) is 0 Å². The number of para-hydroxylation sites is 2. The lowest BCUT2D eigenvalue weighted by molar-refractivity contribution is 0.0223. The SMILES string of the molecule is c1ccc2c(c1)Oc1ccccc1C2N1CCOCC1. The first-order valence-corrected chi connectivity index (χ1v) is 7.11. The quantitative estimate of drug-likeness (QED) is 0.792. The van der Waals surface area contributed by atoms with Gasteiger partial charge in [0, 0.05) is 24.2 Å². The number of ether oxygens (including phenoxy) is 2. The lowest BCUT2D eigenvalue weighted by Gasteiger charge is -2.38. The molecule has 0 amide bonds. The molecule has 0 aliphatic carbocycles. The smallest absolute Gasteiger partial charge is 0.132 e. The number of benzene rings is 2. The Morgan fingerprint density at radius 2 is 1.35 bits per heavy atom. The molecule has 2 aromatic rings. The first-order chi connectivity index (χ1) is 9.93. The van der Waals surface area contributed by atoms with Crippen molar-refractivity contribution >= 4 is 0 Å². The third kappa shape index (κ3) is 1.90. The third-order valence-electron chi connectivity index (χ3n) is 4.06. The molecule has 2 aromatic carbocycles. The molecule has 1 fully saturated rings. The van der Waals surface area contributed by atoms with Gasteiger partial charge in [-0.05, 0) is 12.1 Å². The Morgan fingerprint density at radius 3 is 1.95 bits per heavy atom. The number of fused-ring (bicyclic) bond motifs is 2. The maximum Gasteiger partial charge on any atom is 0.132 e. The summed E-state index contributed by atoms with van der Waals surface area (Å²) in [5, 5.41) is 0. The van der Waals surface area contributed by atoms with Crippen molar-refractivity contribution in [1.29, 1.82) is 0 Å². The van der Waals surface area contributed by atoms with Gasteiger partial charge in [0.05, 0.1) is 19.3 Å². The minimum absolute atomic E-state index is 0.278. The molecule has 3 nitrogen and oxygen atoms in total. The largest absolute Gasteiger partial charge is 0.457 e. The van der Waals surface area contributed by atoms with Gasteiger partial charge in [0.1, 0.15) is 11.5 Å². The molecule has 2 aliphatic heterocycles. The van der Waals surface area contributed by atoms with E-state index in [-0.39, 0.29) is 6.04 Å². The van der Waals surface area contributed by atoms with Gasteiger partial charge < -0.3 is 9.47 Å². The highest BCUT2D eigenvalue weighted by atomic mass is 16.5. The zero-order valence-corrected chi connectivity index (χ0v) is 11.3.